The van der Waals surface area contributed by atoms with Crippen molar-refractivity contribution in [3.63, 3.8) is 0 Å². The maximum Gasteiger partial charge on any atom is 0.259 e. The monoisotopic (exact) mass is 385 g/mol. The van der Waals surface area contributed by atoms with Crippen LogP contribution in [-0.4, -0.2) is 33.7 Å². The summed E-state index contributed by atoms with van der Waals surface area (Å²) in [4.78, 5) is 0. The summed E-state index contributed by atoms with van der Waals surface area (Å²) >= 11 is 6.36. The first kappa shape index (κ1) is 21.0. The number of rotatable bonds is 6. The third kappa shape index (κ3) is 6.04. The van der Waals surface area contributed by atoms with Gasteiger partial charge in [-0.2, -0.15) is 15.4 Å². The van der Waals surface area contributed by atoms with Gasteiger partial charge in [0.25, 0.3) is 5.88 Å². The number of nitrogens with zero attached hydrogens (tertiary/aromatic N) is 3. The molecule has 1 unspecified atom stereocenters. The Morgan fingerprint density at radius 1 is 1.24 bits per heavy atom. The maximum absolute atomic E-state index is 6.36. The minimum absolute atomic E-state index is 0. The van der Waals surface area contributed by atoms with Crippen LogP contribution in [0.1, 0.15) is 24.3 Å². The van der Waals surface area contributed by atoms with E-state index in [4.69, 9.17) is 26.6 Å². The molecular weight excluding hydrogens is 365 g/mol. The number of nitrogens with two attached hydrogens (primary N) is 1. The first-order valence-electron chi connectivity index (χ1n) is 7.59. The largest absolute Gasteiger partial charge is 0.474 e. The van der Waals surface area contributed by atoms with Crippen molar-refractivity contribution in [2.75, 3.05) is 13.2 Å². The van der Waals surface area contributed by atoms with E-state index in [-0.39, 0.29) is 17.8 Å². The van der Waals surface area contributed by atoms with Crippen LogP contribution >= 0.6 is 24.0 Å². The lowest BCUT2D eigenvalue weighted by atomic mass is 10.1. The van der Waals surface area contributed by atoms with Gasteiger partial charge in [-0.15, -0.1) is 24.0 Å². The van der Waals surface area contributed by atoms with E-state index in [1.54, 1.807) is 12.4 Å². The predicted octanol–water partition coefficient (Wildman–Crippen LogP) is 3.60. The fourth-order valence-corrected chi connectivity index (χ4v) is 2.18. The van der Waals surface area contributed by atoms with Crippen LogP contribution in [0.15, 0.2) is 47.2 Å². The lowest BCUT2D eigenvalue weighted by Crippen LogP contribution is -2.11. The van der Waals surface area contributed by atoms with Gasteiger partial charge in [0.1, 0.15) is 6.61 Å². The minimum Gasteiger partial charge on any atom is -0.474 e. The van der Waals surface area contributed by atoms with Crippen molar-refractivity contribution in [1.29, 1.82) is 0 Å². The summed E-state index contributed by atoms with van der Waals surface area (Å²) in [5, 5.41) is 13.1. The van der Waals surface area contributed by atoms with Crippen molar-refractivity contribution >= 4 is 24.0 Å². The quantitative estimate of drug-likeness (QED) is 0.628. The van der Waals surface area contributed by atoms with Crippen molar-refractivity contribution < 1.29 is 9.26 Å². The molecule has 136 valence electrons. The van der Waals surface area contributed by atoms with Gasteiger partial charge in [-0.05, 0) is 11.6 Å². The smallest absolute Gasteiger partial charge is 0.259 e. The number of aromatic nitrogens is 4. The first-order valence-corrected chi connectivity index (χ1v) is 8.03. The highest BCUT2D eigenvalue weighted by Gasteiger charge is 2.24. The van der Waals surface area contributed by atoms with Crippen LogP contribution in [0.25, 0.3) is 11.3 Å². The van der Waals surface area contributed by atoms with Gasteiger partial charge in [0.05, 0.1) is 23.3 Å². The zero-order chi connectivity index (χ0) is 17.2. The topological polar surface area (TPSA) is 103 Å². The second-order valence-electron chi connectivity index (χ2n) is 4.77. The lowest BCUT2D eigenvalue weighted by molar-refractivity contribution is 0.287. The molecule has 0 radical (unpaired) electrons. The van der Waals surface area contributed by atoms with Gasteiger partial charge in [0.2, 0.25) is 0 Å². The van der Waals surface area contributed by atoms with Gasteiger partial charge < -0.3 is 15.0 Å². The van der Waals surface area contributed by atoms with Crippen molar-refractivity contribution in [2.24, 2.45) is 5.73 Å². The number of nitrogens with one attached hydrogen (secondary N) is 1. The zero-order valence-corrected chi connectivity index (χ0v) is 15.3. The van der Waals surface area contributed by atoms with Gasteiger partial charge >= 0.3 is 0 Å². The molecule has 3 aromatic rings. The van der Waals surface area contributed by atoms with E-state index in [1.165, 1.54) is 0 Å². The van der Waals surface area contributed by atoms with E-state index < -0.39 is 0 Å². The van der Waals surface area contributed by atoms with E-state index in [9.17, 15) is 0 Å². The Balaban J connectivity index is 0.000000448. The second kappa shape index (κ2) is 11.5. The number of alkyl halides is 1. The fourth-order valence-electron chi connectivity index (χ4n) is 1.99. The zero-order valence-electron chi connectivity index (χ0n) is 13.8. The molecule has 25 heavy (non-hydrogen) atoms. The molecule has 0 saturated heterocycles. The predicted molar refractivity (Wildman–Crippen MR) is 99.0 cm³/mol. The average Bonchev–Trinajstić information content (AvgIpc) is 3.33. The third-order valence-corrected chi connectivity index (χ3v) is 3.62. The molecule has 0 fully saturated rings. The molecule has 3 N–H and O–H groups in total. The van der Waals surface area contributed by atoms with E-state index in [0.717, 1.165) is 17.5 Å². The molecule has 1 atom stereocenters. The number of benzene rings is 1. The molecule has 0 aliphatic carbocycles. The summed E-state index contributed by atoms with van der Waals surface area (Å²) in [7, 11) is 0. The second-order valence-corrected chi connectivity index (χ2v) is 5.29. The SMILES string of the molecule is CCC(Cl)c1c(OCCN)noc1-c1ccccc1.Cl.c1cn[nH]n1. The van der Waals surface area contributed by atoms with E-state index in [1.807, 2.05) is 37.3 Å². The van der Waals surface area contributed by atoms with Crippen LogP contribution in [-0.2, 0) is 0 Å². The Morgan fingerprint density at radius 3 is 2.44 bits per heavy atom. The van der Waals surface area contributed by atoms with Gasteiger partial charge in [0.15, 0.2) is 5.76 Å². The molecule has 3 rings (SSSR count). The molecule has 0 aliphatic heterocycles. The Hall–Kier alpha value is -2.09. The number of hydrogen-bond donors (Lipinski definition) is 2. The molecule has 0 bridgehead atoms. The molecule has 0 amide bonds. The highest BCUT2D eigenvalue weighted by atomic mass is 35.5. The molecule has 0 saturated carbocycles. The molecule has 1 aromatic carbocycles. The molecule has 2 aromatic heterocycles. The van der Waals surface area contributed by atoms with Gasteiger partial charge in [-0.25, -0.2) is 0 Å². The summed E-state index contributed by atoms with van der Waals surface area (Å²) in [5.41, 5.74) is 7.17. The van der Waals surface area contributed by atoms with Crippen LogP contribution in [0.4, 0.5) is 0 Å². The molecule has 0 aliphatic rings. The van der Waals surface area contributed by atoms with Crippen LogP contribution < -0.4 is 10.5 Å². The van der Waals surface area contributed by atoms with Crippen LogP contribution in [0.3, 0.4) is 0 Å². The van der Waals surface area contributed by atoms with Crippen molar-refractivity contribution in [2.45, 2.75) is 18.7 Å². The summed E-state index contributed by atoms with van der Waals surface area (Å²) in [6, 6.07) is 9.74. The van der Waals surface area contributed by atoms with Crippen molar-refractivity contribution in [3.8, 4) is 17.2 Å². The summed E-state index contributed by atoms with van der Waals surface area (Å²) in [6.45, 7) is 2.82. The van der Waals surface area contributed by atoms with Gasteiger partial charge in [-0.1, -0.05) is 37.3 Å². The lowest BCUT2D eigenvalue weighted by Gasteiger charge is -2.09. The standard InChI is InChI=1S/C14H17ClN2O2.C2H3N3.ClH/c1-2-11(15)12-13(10-6-4-3-5-7-10)19-17-14(12)18-9-8-16;1-2-4-5-3-1;/h3-7,11H,2,8-9,16H2,1H3;1-2H,(H,3,4,5);1H. The Bertz CT molecular complexity index is 675. The Kier molecular flexibility index (Phi) is 9.61. The number of halogens is 2. The van der Waals surface area contributed by atoms with Crippen LogP contribution in [0, 0.1) is 0 Å². The van der Waals surface area contributed by atoms with Crippen molar-refractivity contribution in [3.05, 3.63) is 48.3 Å². The minimum atomic E-state index is -0.200. The van der Waals surface area contributed by atoms with Gasteiger partial charge in [-0.3, -0.25) is 0 Å². The van der Waals surface area contributed by atoms with E-state index in [2.05, 4.69) is 20.6 Å². The highest BCUT2D eigenvalue weighted by Crippen LogP contribution is 2.39. The Morgan fingerprint density at radius 2 is 1.92 bits per heavy atom. The van der Waals surface area contributed by atoms with E-state index >= 15 is 0 Å². The average molecular weight is 386 g/mol. The fraction of sp³-hybridized carbons (Fsp3) is 0.312. The number of H-pyrrole nitrogens is 1. The highest BCUT2D eigenvalue weighted by molar-refractivity contribution is 6.21. The maximum atomic E-state index is 6.36. The van der Waals surface area contributed by atoms with Crippen molar-refractivity contribution in [1.82, 2.24) is 20.6 Å². The van der Waals surface area contributed by atoms with Gasteiger partial charge in [0, 0.05) is 12.1 Å². The molecule has 9 heteroatoms. The van der Waals surface area contributed by atoms with Crippen LogP contribution in [0.5, 0.6) is 5.88 Å². The summed E-state index contributed by atoms with van der Waals surface area (Å²) < 4.78 is 10.9. The molecule has 7 nitrogen and oxygen atoms in total. The van der Waals surface area contributed by atoms with E-state index in [0.29, 0.717) is 24.8 Å². The number of ether oxygens (including phenoxy) is 1. The first-order chi connectivity index (χ1) is 11.8. The number of aromatic amines is 1. The summed E-state index contributed by atoms with van der Waals surface area (Å²) in [5.74, 6) is 1.10. The molecule has 0 spiro atoms. The summed E-state index contributed by atoms with van der Waals surface area (Å²) in [6.07, 6.45) is 3.93. The molecule has 2 heterocycles. The molecular formula is C16H21Cl2N5O2. The van der Waals surface area contributed by atoms with Crippen LogP contribution in [0.2, 0.25) is 0 Å². The number of hydrogen-bond acceptors (Lipinski definition) is 6. The normalized spacial score (nSPS) is 11.0. The Labute approximate surface area is 157 Å². The third-order valence-electron chi connectivity index (χ3n) is 3.09.